The number of fused-ring (bicyclic) bond motifs is 3. The number of ether oxygens (including phenoxy) is 2. The van der Waals surface area contributed by atoms with E-state index in [0.717, 1.165) is 55.5 Å². The third-order valence-corrected chi connectivity index (χ3v) is 10.3. The molecule has 0 saturated heterocycles. The number of alkyl halides is 1. The van der Waals surface area contributed by atoms with Gasteiger partial charge in [0.1, 0.15) is 17.5 Å². The maximum Gasteiger partial charge on any atom is 0.331 e. The van der Waals surface area contributed by atoms with Crippen molar-refractivity contribution in [1.82, 2.24) is 4.98 Å². The number of benzene rings is 2. The molecule has 0 bridgehead atoms. The number of carbonyl (C=O) groups is 1. The molecular formula is C35H40ClFN2O3. The first-order valence-electron chi connectivity index (χ1n) is 15.3. The number of carbonyl (C=O) groups excluding carboxylic acids is 1. The van der Waals surface area contributed by atoms with E-state index in [1.54, 1.807) is 6.20 Å². The van der Waals surface area contributed by atoms with Crippen molar-refractivity contribution in [3.63, 3.8) is 0 Å². The molecule has 1 fully saturated rings. The maximum atomic E-state index is 14.5. The first kappa shape index (κ1) is 29.0. The van der Waals surface area contributed by atoms with Crippen LogP contribution in [0.5, 0.6) is 5.75 Å². The van der Waals surface area contributed by atoms with Crippen molar-refractivity contribution >= 4 is 23.3 Å². The Hall–Kier alpha value is -3.12. The lowest BCUT2D eigenvalue weighted by Crippen LogP contribution is -2.53. The van der Waals surface area contributed by atoms with E-state index in [1.807, 2.05) is 30.3 Å². The summed E-state index contributed by atoms with van der Waals surface area (Å²) in [6.45, 7) is 2.84. The van der Waals surface area contributed by atoms with Crippen LogP contribution in [0.3, 0.4) is 0 Å². The van der Waals surface area contributed by atoms with Crippen molar-refractivity contribution in [2.24, 2.45) is 11.8 Å². The number of aromatic nitrogens is 1. The van der Waals surface area contributed by atoms with E-state index >= 15 is 0 Å². The zero-order valence-electron chi connectivity index (χ0n) is 24.5. The number of halogens is 2. The van der Waals surface area contributed by atoms with E-state index in [4.69, 9.17) is 21.1 Å². The van der Waals surface area contributed by atoms with Crippen molar-refractivity contribution in [3.05, 3.63) is 88.2 Å². The molecule has 3 atom stereocenters. The largest absolute Gasteiger partial charge is 0.493 e. The lowest BCUT2D eigenvalue weighted by Gasteiger charge is -2.47. The van der Waals surface area contributed by atoms with Crippen molar-refractivity contribution in [2.75, 3.05) is 19.0 Å². The van der Waals surface area contributed by atoms with Crippen LogP contribution in [0.15, 0.2) is 60.8 Å². The number of hydrogen-bond acceptors (Lipinski definition) is 5. The normalized spacial score (nSPS) is 27.1. The molecule has 42 heavy (non-hydrogen) atoms. The molecule has 3 aliphatic carbocycles. The molecule has 6 rings (SSSR count). The second kappa shape index (κ2) is 11.9. The Morgan fingerprint density at radius 1 is 1.14 bits per heavy atom. The Morgan fingerprint density at radius 3 is 2.74 bits per heavy atom. The minimum Gasteiger partial charge on any atom is -0.493 e. The summed E-state index contributed by atoms with van der Waals surface area (Å²) >= 11 is 6.26. The van der Waals surface area contributed by atoms with Crippen molar-refractivity contribution < 1.29 is 18.7 Å². The molecule has 3 aromatic rings. The van der Waals surface area contributed by atoms with E-state index in [-0.39, 0.29) is 11.4 Å². The summed E-state index contributed by atoms with van der Waals surface area (Å²) < 4.78 is 26.2. The fourth-order valence-corrected chi connectivity index (χ4v) is 8.11. The van der Waals surface area contributed by atoms with Crippen LogP contribution in [0, 0.1) is 11.8 Å². The summed E-state index contributed by atoms with van der Waals surface area (Å²) in [5, 5.41) is 4.16. The van der Waals surface area contributed by atoms with Gasteiger partial charge in [0.25, 0.3) is 0 Å². The average molecular weight is 591 g/mol. The average Bonchev–Trinajstić information content (AvgIpc) is 3.29. The van der Waals surface area contributed by atoms with Gasteiger partial charge in [-0.2, -0.15) is 0 Å². The number of rotatable bonds is 8. The summed E-state index contributed by atoms with van der Waals surface area (Å²) in [7, 11) is 1.47. The predicted octanol–water partition coefficient (Wildman–Crippen LogP) is 8.20. The quantitative estimate of drug-likeness (QED) is 0.268. The van der Waals surface area contributed by atoms with Crippen LogP contribution in [0.4, 0.5) is 10.1 Å². The lowest BCUT2D eigenvalue weighted by atomic mass is 9.59. The zero-order valence-corrected chi connectivity index (χ0v) is 25.3. The Bertz CT molecular complexity index is 1440. The molecule has 2 aromatic carbocycles. The van der Waals surface area contributed by atoms with Crippen LogP contribution in [0.25, 0.3) is 0 Å². The van der Waals surface area contributed by atoms with Crippen LogP contribution in [-0.2, 0) is 27.8 Å². The topological polar surface area (TPSA) is 60.5 Å². The first-order chi connectivity index (χ1) is 20.3. The summed E-state index contributed by atoms with van der Waals surface area (Å²) in [6, 6.07) is 18.3. The van der Waals surface area contributed by atoms with Gasteiger partial charge in [-0.15, -0.1) is 0 Å². The SMILES string of the molecule is COC(=O)C1(Nc2cccc(Cl)c2)CCC2(CC1)c1ccccc1C[C@@H]2C[C@@H](C)COc1ccnc2c1CCC[C@H]2F. The van der Waals surface area contributed by atoms with Gasteiger partial charge in [0.2, 0.25) is 0 Å². The smallest absolute Gasteiger partial charge is 0.331 e. The van der Waals surface area contributed by atoms with Gasteiger partial charge in [0.15, 0.2) is 0 Å². The second-order valence-electron chi connectivity index (χ2n) is 12.6. The van der Waals surface area contributed by atoms with Crippen LogP contribution < -0.4 is 10.1 Å². The molecule has 0 aliphatic heterocycles. The van der Waals surface area contributed by atoms with Gasteiger partial charge in [-0.05, 0) is 110 Å². The number of nitrogens with one attached hydrogen (secondary N) is 1. The number of anilines is 1. The fraction of sp³-hybridized carbons (Fsp3) is 0.486. The Morgan fingerprint density at radius 2 is 1.95 bits per heavy atom. The molecular weight excluding hydrogens is 551 g/mol. The number of esters is 1. The number of pyridine rings is 1. The van der Waals surface area contributed by atoms with E-state index in [9.17, 15) is 9.18 Å². The minimum atomic E-state index is -0.997. The zero-order chi connectivity index (χ0) is 29.3. The highest BCUT2D eigenvalue weighted by molar-refractivity contribution is 6.30. The minimum absolute atomic E-state index is 0.00430. The van der Waals surface area contributed by atoms with Gasteiger partial charge in [0, 0.05) is 22.5 Å². The second-order valence-corrected chi connectivity index (χ2v) is 13.0. The van der Waals surface area contributed by atoms with Crippen LogP contribution >= 0.6 is 11.6 Å². The predicted molar refractivity (Wildman–Crippen MR) is 164 cm³/mol. The standard InChI is InChI=1S/C35H40ClFN2O3/c1-23(22-42-31-13-18-38-32-28(31)10-6-12-30(32)37)19-25-20-24-7-3-4-11-29(24)34(25)14-16-35(17-15-34,33(40)41-2)39-27-9-5-8-26(36)21-27/h3-5,7-9,11,13,18,21,23,25,30,39H,6,10,12,14-17,19-20,22H2,1-2H3/t23-,25+,30-,34?,35?/m1/s1. The highest BCUT2D eigenvalue weighted by Crippen LogP contribution is 2.56. The van der Waals surface area contributed by atoms with E-state index < -0.39 is 11.7 Å². The summed E-state index contributed by atoms with van der Waals surface area (Å²) in [6.07, 6.45) is 8.04. The molecule has 7 heteroatoms. The highest BCUT2D eigenvalue weighted by atomic mass is 35.5. The fourth-order valence-electron chi connectivity index (χ4n) is 7.92. The van der Waals surface area contributed by atoms with Gasteiger partial charge >= 0.3 is 5.97 Å². The monoisotopic (exact) mass is 590 g/mol. The van der Waals surface area contributed by atoms with Crippen molar-refractivity contribution in [1.29, 1.82) is 0 Å². The number of methoxy groups -OCH3 is 1. The molecule has 0 unspecified atom stereocenters. The van der Waals surface area contributed by atoms with Gasteiger partial charge in [0.05, 0.1) is 19.4 Å². The third-order valence-electron chi connectivity index (χ3n) is 10.0. The molecule has 1 spiro atoms. The van der Waals surface area contributed by atoms with Crippen LogP contribution in [0.1, 0.15) is 80.4 Å². The summed E-state index contributed by atoms with van der Waals surface area (Å²) in [5.41, 5.74) is 4.37. The molecule has 0 amide bonds. The molecule has 1 saturated carbocycles. The Labute approximate surface area is 253 Å². The van der Waals surface area contributed by atoms with E-state index in [0.29, 0.717) is 48.4 Å². The van der Waals surface area contributed by atoms with Gasteiger partial charge in [-0.1, -0.05) is 48.9 Å². The number of hydrogen-bond donors (Lipinski definition) is 1. The number of nitrogens with zero attached hydrogens (tertiary/aromatic N) is 1. The summed E-state index contributed by atoms with van der Waals surface area (Å²) in [5.74, 6) is 1.31. The van der Waals surface area contributed by atoms with Crippen molar-refractivity contribution in [2.45, 2.75) is 81.8 Å². The Balaban J connectivity index is 1.20. The molecule has 0 radical (unpaired) electrons. The molecule has 3 aliphatic rings. The van der Waals surface area contributed by atoms with Gasteiger partial charge in [-0.3, -0.25) is 4.98 Å². The van der Waals surface area contributed by atoms with E-state index in [2.05, 4.69) is 41.5 Å². The van der Waals surface area contributed by atoms with Gasteiger partial charge < -0.3 is 14.8 Å². The molecule has 222 valence electrons. The third kappa shape index (κ3) is 5.39. The van der Waals surface area contributed by atoms with Crippen LogP contribution in [-0.4, -0.2) is 30.2 Å². The highest BCUT2D eigenvalue weighted by Gasteiger charge is 2.54. The molecule has 1 heterocycles. The van der Waals surface area contributed by atoms with E-state index in [1.165, 1.54) is 18.2 Å². The van der Waals surface area contributed by atoms with Crippen LogP contribution in [0.2, 0.25) is 5.02 Å². The van der Waals surface area contributed by atoms with Crippen molar-refractivity contribution in [3.8, 4) is 5.75 Å². The summed E-state index contributed by atoms with van der Waals surface area (Å²) in [4.78, 5) is 17.6. The molecule has 1 aromatic heterocycles. The lowest BCUT2D eigenvalue weighted by molar-refractivity contribution is -0.148. The van der Waals surface area contributed by atoms with Gasteiger partial charge in [-0.25, -0.2) is 9.18 Å². The first-order valence-corrected chi connectivity index (χ1v) is 15.7. The molecule has 1 N–H and O–H groups in total. The maximum absolute atomic E-state index is 14.5. The molecule has 5 nitrogen and oxygen atoms in total. The Kier molecular flexibility index (Phi) is 8.19.